The fourth-order valence-corrected chi connectivity index (χ4v) is 2.64. The smallest absolute Gasteiger partial charge is 0.253 e. The molecule has 1 atom stereocenters. The van der Waals surface area contributed by atoms with Gasteiger partial charge in [-0.2, -0.15) is 11.8 Å². The lowest BCUT2D eigenvalue weighted by Crippen LogP contribution is -2.36. The summed E-state index contributed by atoms with van der Waals surface area (Å²) >= 11 is 1.75. The van der Waals surface area contributed by atoms with E-state index in [1.165, 1.54) is 0 Å². The third kappa shape index (κ3) is 2.53. The summed E-state index contributed by atoms with van der Waals surface area (Å²) in [6, 6.07) is 8.03. The van der Waals surface area contributed by atoms with Gasteiger partial charge in [-0.25, -0.2) is 0 Å². The molecule has 1 aromatic carbocycles. The van der Waals surface area contributed by atoms with E-state index in [9.17, 15) is 4.79 Å². The number of benzene rings is 1. The minimum absolute atomic E-state index is 0.0769. The summed E-state index contributed by atoms with van der Waals surface area (Å²) in [6.07, 6.45) is 3.94. The van der Waals surface area contributed by atoms with Crippen molar-refractivity contribution in [1.82, 2.24) is 9.88 Å². The highest BCUT2D eigenvalue weighted by atomic mass is 32.2. The number of H-pyrrole nitrogens is 1. The van der Waals surface area contributed by atoms with Crippen LogP contribution < -0.4 is 0 Å². The molecule has 1 aromatic heterocycles. The maximum atomic E-state index is 12.3. The third-order valence-corrected chi connectivity index (χ3v) is 4.01. The Kier molecular flexibility index (Phi) is 3.97. The van der Waals surface area contributed by atoms with E-state index in [-0.39, 0.29) is 11.9 Å². The van der Waals surface area contributed by atoms with Crippen molar-refractivity contribution in [3.63, 3.8) is 0 Å². The highest BCUT2D eigenvalue weighted by Gasteiger charge is 2.17. The second kappa shape index (κ2) is 5.48. The van der Waals surface area contributed by atoms with Crippen molar-refractivity contribution in [2.24, 2.45) is 0 Å². The average Bonchev–Trinajstić information content (AvgIpc) is 2.84. The molecule has 0 bridgehead atoms. The highest BCUT2D eigenvalue weighted by molar-refractivity contribution is 7.98. The largest absolute Gasteiger partial charge is 0.361 e. The van der Waals surface area contributed by atoms with Gasteiger partial charge in [0.05, 0.1) is 0 Å². The van der Waals surface area contributed by atoms with E-state index in [0.29, 0.717) is 0 Å². The van der Waals surface area contributed by atoms with E-state index >= 15 is 0 Å². The molecular formula is C14H18N2OS. The molecule has 1 heterocycles. The number of aromatic amines is 1. The Morgan fingerprint density at radius 1 is 1.44 bits per heavy atom. The molecule has 0 radical (unpaired) electrons. The zero-order chi connectivity index (χ0) is 13.1. The lowest BCUT2D eigenvalue weighted by molar-refractivity contribution is 0.0757. The normalized spacial score (nSPS) is 12.6. The fraction of sp³-hybridized carbons (Fsp3) is 0.357. The van der Waals surface area contributed by atoms with E-state index in [0.717, 1.165) is 22.2 Å². The molecule has 3 nitrogen and oxygen atoms in total. The molecule has 18 heavy (non-hydrogen) atoms. The van der Waals surface area contributed by atoms with Crippen LogP contribution >= 0.6 is 11.8 Å². The van der Waals surface area contributed by atoms with Crippen molar-refractivity contribution in [3.8, 4) is 0 Å². The standard InChI is InChI=1S/C14H18N2OS/c1-10(9-18-3)16(2)14(17)12-5-4-11-6-7-15-13(11)8-12/h4-8,10,15H,9H2,1-3H3. The molecule has 1 amide bonds. The summed E-state index contributed by atoms with van der Waals surface area (Å²) in [6.45, 7) is 2.07. The van der Waals surface area contributed by atoms with Gasteiger partial charge in [-0.3, -0.25) is 4.79 Å². The molecule has 2 aromatic rings. The molecule has 0 saturated heterocycles. The molecule has 96 valence electrons. The van der Waals surface area contributed by atoms with Gasteiger partial charge < -0.3 is 9.88 Å². The van der Waals surface area contributed by atoms with Gasteiger partial charge in [-0.15, -0.1) is 0 Å². The summed E-state index contributed by atoms with van der Waals surface area (Å²) in [5.74, 6) is 1.03. The summed E-state index contributed by atoms with van der Waals surface area (Å²) in [5, 5.41) is 1.13. The van der Waals surface area contributed by atoms with Crippen LogP contribution in [-0.2, 0) is 0 Å². The monoisotopic (exact) mass is 262 g/mol. The number of rotatable bonds is 4. The summed E-state index contributed by atoms with van der Waals surface area (Å²) in [5.41, 5.74) is 1.74. The van der Waals surface area contributed by atoms with E-state index in [1.807, 2.05) is 37.5 Å². The molecule has 0 saturated carbocycles. The molecule has 0 aliphatic heterocycles. The van der Waals surface area contributed by atoms with Gasteiger partial charge in [0.2, 0.25) is 0 Å². The number of carbonyl (C=O) groups excluding carboxylic acids is 1. The van der Waals surface area contributed by atoms with Crippen molar-refractivity contribution in [2.45, 2.75) is 13.0 Å². The Morgan fingerprint density at radius 3 is 2.94 bits per heavy atom. The first kappa shape index (κ1) is 13.0. The molecular weight excluding hydrogens is 244 g/mol. The summed E-state index contributed by atoms with van der Waals surface area (Å²) in [4.78, 5) is 17.3. The number of fused-ring (bicyclic) bond motifs is 1. The number of carbonyl (C=O) groups is 1. The minimum Gasteiger partial charge on any atom is -0.361 e. The summed E-state index contributed by atoms with van der Waals surface area (Å²) in [7, 11) is 1.86. The van der Waals surface area contributed by atoms with Gasteiger partial charge in [0.1, 0.15) is 0 Å². The zero-order valence-corrected chi connectivity index (χ0v) is 11.8. The van der Waals surface area contributed by atoms with E-state index < -0.39 is 0 Å². The molecule has 0 fully saturated rings. The predicted octanol–water partition coefficient (Wildman–Crippen LogP) is 2.99. The number of hydrogen-bond acceptors (Lipinski definition) is 2. The van der Waals surface area contributed by atoms with Crippen molar-refractivity contribution in [2.75, 3.05) is 19.1 Å². The van der Waals surface area contributed by atoms with Gasteiger partial charge in [-0.05, 0) is 36.8 Å². The zero-order valence-electron chi connectivity index (χ0n) is 10.9. The maximum absolute atomic E-state index is 12.3. The van der Waals surface area contributed by atoms with Gasteiger partial charge in [0.25, 0.3) is 5.91 Å². The van der Waals surface area contributed by atoms with Crippen LogP contribution in [0.15, 0.2) is 30.5 Å². The topological polar surface area (TPSA) is 36.1 Å². The maximum Gasteiger partial charge on any atom is 0.253 e. The lowest BCUT2D eigenvalue weighted by atomic mass is 10.1. The first-order valence-corrected chi connectivity index (χ1v) is 7.36. The van der Waals surface area contributed by atoms with Crippen LogP contribution in [0.25, 0.3) is 10.9 Å². The second-order valence-electron chi connectivity index (χ2n) is 4.50. The van der Waals surface area contributed by atoms with Gasteiger partial charge in [0, 0.05) is 36.1 Å². The predicted molar refractivity (Wildman–Crippen MR) is 78.2 cm³/mol. The molecule has 1 unspecified atom stereocenters. The highest BCUT2D eigenvalue weighted by Crippen LogP contribution is 2.16. The lowest BCUT2D eigenvalue weighted by Gasteiger charge is -2.24. The van der Waals surface area contributed by atoms with Gasteiger partial charge >= 0.3 is 0 Å². The van der Waals surface area contributed by atoms with Gasteiger partial charge in [-0.1, -0.05) is 6.07 Å². The quantitative estimate of drug-likeness (QED) is 0.919. The number of aromatic nitrogens is 1. The molecule has 0 spiro atoms. The van der Waals surface area contributed by atoms with E-state index in [1.54, 1.807) is 16.7 Å². The van der Waals surface area contributed by atoms with Crippen LogP contribution in [0.1, 0.15) is 17.3 Å². The first-order valence-electron chi connectivity index (χ1n) is 5.96. The van der Waals surface area contributed by atoms with Crippen LogP contribution in [0.3, 0.4) is 0 Å². The fourth-order valence-electron chi connectivity index (χ4n) is 1.94. The first-order chi connectivity index (χ1) is 8.63. The van der Waals surface area contributed by atoms with Crippen LogP contribution in [0.4, 0.5) is 0 Å². The van der Waals surface area contributed by atoms with Crippen LogP contribution in [0.2, 0.25) is 0 Å². The summed E-state index contributed by atoms with van der Waals surface area (Å²) < 4.78 is 0. The Bertz CT molecular complexity index is 549. The number of hydrogen-bond donors (Lipinski definition) is 1. The SMILES string of the molecule is CSCC(C)N(C)C(=O)c1ccc2cc[nH]c2c1. The van der Waals surface area contributed by atoms with E-state index in [2.05, 4.69) is 18.2 Å². The molecule has 0 aliphatic carbocycles. The Hall–Kier alpha value is -1.42. The van der Waals surface area contributed by atoms with Gasteiger partial charge in [0.15, 0.2) is 0 Å². The molecule has 1 N–H and O–H groups in total. The van der Waals surface area contributed by atoms with Crippen LogP contribution in [0.5, 0.6) is 0 Å². The van der Waals surface area contributed by atoms with Crippen molar-refractivity contribution >= 4 is 28.6 Å². The number of nitrogens with zero attached hydrogens (tertiary/aromatic N) is 1. The van der Waals surface area contributed by atoms with Crippen LogP contribution in [0, 0.1) is 0 Å². The average molecular weight is 262 g/mol. The van der Waals surface area contributed by atoms with Crippen LogP contribution in [-0.4, -0.2) is 40.9 Å². The number of amides is 1. The Balaban J connectivity index is 2.21. The third-order valence-electron chi connectivity index (χ3n) is 3.19. The van der Waals surface area contributed by atoms with Crippen molar-refractivity contribution in [3.05, 3.63) is 36.0 Å². The number of nitrogens with one attached hydrogen (secondary N) is 1. The Morgan fingerprint density at radius 2 is 2.22 bits per heavy atom. The van der Waals surface area contributed by atoms with E-state index in [4.69, 9.17) is 0 Å². The minimum atomic E-state index is 0.0769. The molecule has 4 heteroatoms. The molecule has 0 aliphatic rings. The second-order valence-corrected chi connectivity index (χ2v) is 5.41. The van der Waals surface area contributed by atoms with Crippen molar-refractivity contribution < 1.29 is 4.79 Å². The molecule has 2 rings (SSSR count). The van der Waals surface area contributed by atoms with Crippen molar-refractivity contribution in [1.29, 1.82) is 0 Å². The number of thioether (sulfide) groups is 1. The Labute approximate surface area is 112 Å².